The summed E-state index contributed by atoms with van der Waals surface area (Å²) >= 11 is 1.97. The molecule has 0 aromatic heterocycles. The lowest BCUT2D eigenvalue weighted by molar-refractivity contribution is 0.433. The minimum absolute atomic E-state index is 0.840. The molecule has 0 heterocycles. The molecule has 1 nitrogen and oxygen atoms in total. The van der Waals surface area contributed by atoms with E-state index in [1.807, 2.05) is 11.8 Å². The molecule has 0 bridgehead atoms. The van der Waals surface area contributed by atoms with Crippen molar-refractivity contribution in [2.75, 3.05) is 18.6 Å². The summed E-state index contributed by atoms with van der Waals surface area (Å²) in [5, 5.41) is 3.68. The Hall–Kier alpha value is 0.310. The van der Waals surface area contributed by atoms with Crippen molar-refractivity contribution >= 4 is 11.8 Å². The van der Waals surface area contributed by atoms with Crippen molar-refractivity contribution < 1.29 is 0 Å². The van der Waals surface area contributed by atoms with Gasteiger partial charge in [0.15, 0.2) is 0 Å². The van der Waals surface area contributed by atoms with Crippen LogP contribution in [0.25, 0.3) is 0 Å². The zero-order chi connectivity index (χ0) is 9.52. The largest absolute Gasteiger partial charge is 0.314 e. The molecule has 13 heavy (non-hydrogen) atoms. The smallest absolute Gasteiger partial charge is 0.00956 e. The maximum atomic E-state index is 3.68. The normalized spacial score (nSPS) is 18.9. The Balaban J connectivity index is 2.06. The van der Waals surface area contributed by atoms with Crippen LogP contribution in [-0.2, 0) is 0 Å². The Kier molecular flexibility index (Phi) is 5.88. The van der Waals surface area contributed by atoms with Crippen molar-refractivity contribution in [2.24, 2.45) is 5.92 Å². The van der Waals surface area contributed by atoms with Crippen molar-refractivity contribution in [3.63, 3.8) is 0 Å². The Bertz CT molecular complexity index is 123. The molecular formula is C11H23NS. The summed E-state index contributed by atoms with van der Waals surface area (Å²) < 4.78 is 0. The van der Waals surface area contributed by atoms with Crippen LogP contribution in [0.4, 0.5) is 0 Å². The molecule has 1 N–H and O–H groups in total. The van der Waals surface area contributed by atoms with Gasteiger partial charge in [-0.05, 0) is 56.6 Å². The number of thioether (sulfide) groups is 1. The fraction of sp³-hybridized carbons (Fsp3) is 1.00. The van der Waals surface area contributed by atoms with E-state index in [4.69, 9.17) is 0 Å². The predicted octanol–water partition coefficient (Wildman–Crippen LogP) is 2.91. The molecular weight excluding hydrogens is 178 g/mol. The van der Waals surface area contributed by atoms with Crippen LogP contribution in [-0.4, -0.2) is 24.6 Å². The van der Waals surface area contributed by atoms with Crippen molar-refractivity contribution in [3.8, 4) is 0 Å². The summed E-state index contributed by atoms with van der Waals surface area (Å²) in [6, 6.07) is 0.840. The van der Waals surface area contributed by atoms with Crippen LogP contribution in [0.15, 0.2) is 0 Å². The molecule has 0 spiro atoms. The maximum Gasteiger partial charge on any atom is 0.00956 e. The monoisotopic (exact) mass is 201 g/mol. The average molecular weight is 201 g/mol. The van der Waals surface area contributed by atoms with Crippen LogP contribution in [0.2, 0.25) is 0 Å². The molecule has 0 aromatic rings. The van der Waals surface area contributed by atoms with E-state index in [-0.39, 0.29) is 0 Å². The van der Waals surface area contributed by atoms with Gasteiger partial charge in [-0.1, -0.05) is 6.92 Å². The van der Waals surface area contributed by atoms with Gasteiger partial charge >= 0.3 is 0 Å². The van der Waals surface area contributed by atoms with Gasteiger partial charge in [0.1, 0.15) is 0 Å². The van der Waals surface area contributed by atoms with E-state index in [0.29, 0.717) is 0 Å². The fourth-order valence-corrected chi connectivity index (χ4v) is 2.24. The van der Waals surface area contributed by atoms with Gasteiger partial charge in [-0.3, -0.25) is 0 Å². The van der Waals surface area contributed by atoms with E-state index < -0.39 is 0 Å². The molecule has 0 aromatic carbocycles. The predicted molar refractivity (Wildman–Crippen MR) is 62.4 cm³/mol. The molecule has 1 saturated carbocycles. The topological polar surface area (TPSA) is 12.0 Å². The summed E-state index contributed by atoms with van der Waals surface area (Å²) in [4.78, 5) is 0. The van der Waals surface area contributed by atoms with Gasteiger partial charge in [0.25, 0.3) is 0 Å². The van der Waals surface area contributed by atoms with Crippen LogP contribution in [0.1, 0.15) is 39.0 Å². The van der Waals surface area contributed by atoms with E-state index in [1.54, 1.807) is 0 Å². The molecule has 0 aliphatic heterocycles. The summed E-state index contributed by atoms with van der Waals surface area (Å²) in [5.74, 6) is 2.35. The molecule has 1 atom stereocenters. The average Bonchev–Trinajstić information content (AvgIpc) is 2.94. The third kappa shape index (κ3) is 4.92. The zero-order valence-corrected chi connectivity index (χ0v) is 9.83. The lowest BCUT2D eigenvalue weighted by Gasteiger charge is -2.17. The van der Waals surface area contributed by atoms with Crippen molar-refractivity contribution in [3.05, 3.63) is 0 Å². The van der Waals surface area contributed by atoms with E-state index in [1.165, 1.54) is 44.4 Å². The Morgan fingerprint density at radius 3 is 2.77 bits per heavy atom. The molecule has 1 fully saturated rings. The first kappa shape index (κ1) is 11.4. The highest BCUT2D eigenvalue weighted by Gasteiger charge is 2.29. The second-order valence-electron chi connectivity index (χ2n) is 4.03. The first-order valence-corrected chi connectivity index (χ1v) is 7.00. The molecule has 2 heteroatoms. The molecule has 0 radical (unpaired) electrons. The van der Waals surface area contributed by atoms with Gasteiger partial charge < -0.3 is 5.32 Å². The number of nitrogens with one attached hydrogen (secondary N) is 1. The van der Waals surface area contributed by atoms with E-state index in [2.05, 4.69) is 18.5 Å². The lowest BCUT2D eigenvalue weighted by Crippen LogP contribution is -2.31. The van der Waals surface area contributed by atoms with Crippen molar-refractivity contribution in [2.45, 2.75) is 45.1 Å². The van der Waals surface area contributed by atoms with Crippen molar-refractivity contribution in [1.29, 1.82) is 0 Å². The van der Waals surface area contributed by atoms with Gasteiger partial charge in [0, 0.05) is 6.04 Å². The van der Waals surface area contributed by atoms with E-state index in [0.717, 1.165) is 12.0 Å². The fourth-order valence-electron chi connectivity index (χ4n) is 1.78. The van der Waals surface area contributed by atoms with E-state index >= 15 is 0 Å². The molecule has 1 aliphatic carbocycles. The molecule has 1 rings (SSSR count). The minimum Gasteiger partial charge on any atom is -0.314 e. The Labute approximate surface area is 87.1 Å². The molecule has 78 valence electrons. The third-order valence-corrected chi connectivity index (χ3v) is 3.41. The standard InChI is InChI=1S/C11H23NS/c1-3-8-12-11(10-6-7-10)5-4-9-13-2/h10-12H,3-9H2,1-2H3. The number of hydrogen-bond donors (Lipinski definition) is 1. The highest BCUT2D eigenvalue weighted by Crippen LogP contribution is 2.34. The third-order valence-electron chi connectivity index (χ3n) is 2.71. The maximum absolute atomic E-state index is 3.68. The summed E-state index contributed by atoms with van der Waals surface area (Å²) in [6.45, 7) is 3.46. The highest BCUT2D eigenvalue weighted by atomic mass is 32.2. The number of rotatable bonds is 8. The quantitative estimate of drug-likeness (QED) is 0.606. The van der Waals surface area contributed by atoms with Gasteiger partial charge in [-0.25, -0.2) is 0 Å². The molecule has 0 saturated heterocycles. The Morgan fingerprint density at radius 2 is 2.23 bits per heavy atom. The first-order valence-electron chi connectivity index (χ1n) is 5.60. The van der Waals surface area contributed by atoms with Crippen molar-refractivity contribution in [1.82, 2.24) is 5.32 Å². The summed E-state index contributed by atoms with van der Waals surface area (Å²) in [7, 11) is 0. The minimum atomic E-state index is 0.840. The SMILES string of the molecule is CCCNC(CCCSC)C1CC1. The highest BCUT2D eigenvalue weighted by molar-refractivity contribution is 7.98. The number of hydrogen-bond acceptors (Lipinski definition) is 2. The first-order chi connectivity index (χ1) is 6.38. The van der Waals surface area contributed by atoms with Crippen LogP contribution >= 0.6 is 11.8 Å². The van der Waals surface area contributed by atoms with Crippen LogP contribution < -0.4 is 5.32 Å². The zero-order valence-electron chi connectivity index (χ0n) is 9.01. The summed E-state index contributed by atoms with van der Waals surface area (Å²) in [6.07, 6.45) is 9.20. The second-order valence-corrected chi connectivity index (χ2v) is 5.02. The van der Waals surface area contributed by atoms with E-state index in [9.17, 15) is 0 Å². The van der Waals surface area contributed by atoms with Gasteiger partial charge in [-0.2, -0.15) is 11.8 Å². The molecule has 1 unspecified atom stereocenters. The van der Waals surface area contributed by atoms with Crippen LogP contribution in [0.5, 0.6) is 0 Å². The van der Waals surface area contributed by atoms with Crippen LogP contribution in [0, 0.1) is 5.92 Å². The van der Waals surface area contributed by atoms with Gasteiger partial charge in [0.2, 0.25) is 0 Å². The van der Waals surface area contributed by atoms with Gasteiger partial charge in [0.05, 0.1) is 0 Å². The lowest BCUT2D eigenvalue weighted by atomic mass is 10.1. The second kappa shape index (κ2) is 6.72. The summed E-state index contributed by atoms with van der Waals surface area (Å²) in [5.41, 5.74) is 0. The van der Waals surface area contributed by atoms with Gasteiger partial charge in [-0.15, -0.1) is 0 Å². The molecule has 1 aliphatic rings. The van der Waals surface area contributed by atoms with Crippen LogP contribution in [0.3, 0.4) is 0 Å². The Morgan fingerprint density at radius 1 is 1.46 bits per heavy atom. The molecule has 0 amide bonds.